The zero-order chi connectivity index (χ0) is 13.7. The Morgan fingerprint density at radius 2 is 1.89 bits per heavy atom. The summed E-state index contributed by atoms with van der Waals surface area (Å²) in [5.41, 5.74) is 3.99. The molecule has 2 rings (SSSR count). The number of hydrogen-bond donors (Lipinski definition) is 1. The maximum atomic E-state index is 13.6. The van der Waals surface area contributed by atoms with E-state index in [9.17, 15) is 4.39 Å². The van der Waals surface area contributed by atoms with Gasteiger partial charge in [0.05, 0.1) is 0 Å². The molecule has 2 aromatic carbocycles. The molecule has 0 spiro atoms. The SMILES string of the molecule is CCCNCc1cccc(-c2cccc(F)c2C)c1. The first-order valence-electron chi connectivity index (χ1n) is 6.77. The lowest BCUT2D eigenvalue weighted by atomic mass is 9.98. The van der Waals surface area contributed by atoms with Gasteiger partial charge in [-0.05, 0) is 54.3 Å². The lowest BCUT2D eigenvalue weighted by molar-refractivity contribution is 0.619. The number of benzene rings is 2. The summed E-state index contributed by atoms with van der Waals surface area (Å²) in [5.74, 6) is -0.146. The van der Waals surface area contributed by atoms with E-state index in [1.807, 2.05) is 25.1 Å². The van der Waals surface area contributed by atoms with Gasteiger partial charge in [-0.3, -0.25) is 0 Å². The predicted molar refractivity (Wildman–Crippen MR) is 78.6 cm³/mol. The van der Waals surface area contributed by atoms with Crippen LogP contribution >= 0.6 is 0 Å². The van der Waals surface area contributed by atoms with E-state index in [1.165, 1.54) is 11.6 Å². The van der Waals surface area contributed by atoms with Crippen LogP contribution in [0, 0.1) is 12.7 Å². The first kappa shape index (κ1) is 13.8. The van der Waals surface area contributed by atoms with Crippen LogP contribution in [-0.2, 0) is 6.54 Å². The summed E-state index contributed by atoms with van der Waals surface area (Å²) < 4.78 is 13.6. The van der Waals surface area contributed by atoms with Crippen molar-refractivity contribution in [3.05, 3.63) is 59.4 Å². The zero-order valence-electron chi connectivity index (χ0n) is 11.5. The van der Waals surface area contributed by atoms with Crippen molar-refractivity contribution in [2.45, 2.75) is 26.8 Å². The predicted octanol–water partition coefficient (Wildman–Crippen LogP) is 4.30. The average molecular weight is 257 g/mol. The van der Waals surface area contributed by atoms with Crippen LogP contribution < -0.4 is 5.32 Å². The molecule has 0 amide bonds. The highest BCUT2D eigenvalue weighted by Crippen LogP contribution is 2.25. The Morgan fingerprint density at radius 1 is 1.11 bits per heavy atom. The summed E-state index contributed by atoms with van der Waals surface area (Å²) in [4.78, 5) is 0. The molecule has 0 radical (unpaired) electrons. The molecule has 0 aliphatic carbocycles. The van der Waals surface area contributed by atoms with Crippen molar-refractivity contribution < 1.29 is 4.39 Å². The summed E-state index contributed by atoms with van der Waals surface area (Å²) in [6.07, 6.45) is 1.13. The molecule has 0 fully saturated rings. The van der Waals surface area contributed by atoms with Gasteiger partial charge in [0.15, 0.2) is 0 Å². The van der Waals surface area contributed by atoms with Crippen LogP contribution in [0.1, 0.15) is 24.5 Å². The molecule has 0 aliphatic rings. The fourth-order valence-corrected chi connectivity index (χ4v) is 2.18. The van der Waals surface area contributed by atoms with Gasteiger partial charge in [0.25, 0.3) is 0 Å². The third kappa shape index (κ3) is 3.42. The Balaban J connectivity index is 2.25. The van der Waals surface area contributed by atoms with E-state index in [4.69, 9.17) is 0 Å². The fourth-order valence-electron chi connectivity index (χ4n) is 2.18. The fraction of sp³-hybridized carbons (Fsp3) is 0.294. The van der Waals surface area contributed by atoms with Crippen molar-refractivity contribution in [1.29, 1.82) is 0 Å². The van der Waals surface area contributed by atoms with Crippen molar-refractivity contribution in [2.75, 3.05) is 6.54 Å². The Bertz CT molecular complexity index is 549. The van der Waals surface area contributed by atoms with Crippen molar-refractivity contribution >= 4 is 0 Å². The third-order valence-electron chi connectivity index (χ3n) is 3.26. The second-order valence-electron chi connectivity index (χ2n) is 4.79. The van der Waals surface area contributed by atoms with Gasteiger partial charge in [0, 0.05) is 6.54 Å². The molecule has 0 bridgehead atoms. The van der Waals surface area contributed by atoms with Crippen molar-refractivity contribution in [1.82, 2.24) is 5.32 Å². The van der Waals surface area contributed by atoms with Crippen LogP contribution in [0.25, 0.3) is 11.1 Å². The number of nitrogens with one attached hydrogen (secondary N) is 1. The summed E-state index contributed by atoms with van der Waals surface area (Å²) in [6.45, 7) is 5.85. The first-order chi connectivity index (χ1) is 9.22. The van der Waals surface area contributed by atoms with Gasteiger partial charge in [-0.1, -0.05) is 37.3 Å². The van der Waals surface area contributed by atoms with Crippen LogP contribution in [-0.4, -0.2) is 6.54 Å². The van der Waals surface area contributed by atoms with Crippen molar-refractivity contribution in [2.24, 2.45) is 0 Å². The highest BCUT2D eigenvalue weighted by atomic mass is 19.1. The van der Waals surface area contributed by atoms with Crippen LogP contribution in [0.2, 0.25) is 0 Å². The summed E-state index contributed by atoms with van der Waals surface area (Å²) >= 11 is 0. The number of halogens is 1. The van der Waals surface area contributed by atoms with E-state index in [0.717, 1.165) is 30.6 Å². The van der Waals surface area contributed by atoms with Gasteiger partial charge in [-0.25, -0.2) is 4.39 Å². The Labute approximate surface area is 114 Å². The minimum atomic E-state index is -0.146. The van der Waals surface area contributed by atoms with E-state index >= 15 is 0 Å². The highest BCUT2D eigenvalue weighted by molar-refractivity contribution is 5.67. The summed E-state index contributed by atoms with van der Waals surface area (Å²) in [5, 5.41) is 3.38. The van der Waals surface area contributed by atoms with Gasteiger partial charge in [-0.15, -0.1) is 0 Å². The molecule has 0 atom stereocenters. The van der Waals surface area contributed by atoms with Crippen LogP contribution in [0.5, 0.6) is 0 Å². The second kappa shape index (κ2) is 6.48. The smallest absolute Gasteiger partial charge is 0.126 e. The maximum Gasteiger partial charge on any atom is 0.126 e. The Kier molecular flexibility index (Phi) is 4.69. The maximum absolute atomic E-state index is 13.6. The quantitative estimate of drug-likeness (QED) is 0.787. The van der Waals surface area contributed by atoms with Gasteiger partial charge >= 0.3 is 0 Å². The molecule has 19 heavy (non-hydrogen) atoms. The van der Waals surface area contributed by atoms with Crippen molar-refractivity contribution in [3.8, 4) is 11.1 Å². The molecular weight excluding hydrogens is 237 g/mol. The Morgan fingerprint density at radius 3 is 2.68 bits per heavy atom. The molecule has 0 unspecified atom stereocenters. The monoisotopic (exact) mass is 257 g/mol. The second-order valence-corrected chi connectivity index (χ2v) is 4.79. The zero-order valence-corrected chi connectivity index (χ0v) is 11.5. The molecule has 0 saturated heterocycles. The summed E-state index contributed by atoms with van der Waals surface area (Å²) in [7, 11) is 0. The summed E-state index contributed by atoms with van der Waals surface area (Å²) in [6, 6.07) is 13.5. The third-order valence-corrected chi connectivity index (χ3v) is 3.26. The minimum Gasteiger partial charge on any atom is -0.313 e. The largest absolute Gasteiger partial charge is 0.313 e. The average Bonchev–Trinajstić information content (AvgIpc) is 2.43. The van der Waals surface area contributed by atoms with Crippen LogP contribution in [0.15, 0.2) is 42.5 Å². The lowest BCUT2D eigenvalue weighted by Gasteiger charge is -2.09. The molecule has 1 N–H and O–H groups in total. The van der Waals surface area contributed by atoms with Gasteiger partial charge < -0.3 is 5.32 Å². The standard InChI is InChI=1S/C17H20FN/c1-3-10-19-12-14-6-4-7-15(11-14)16-8-5-9-17(18)13(16)2/h4-9,11,19H,3,10,12H2,1-2H3. The molecule has 2 aromatic rings. The molecular formula is C17H20FN. The minimum absolute atomic E-state index is 0.146. The first-order valence-corrected chi connectivity index (χ1v) is 6.77. The molecule has 2 heteroatoms. The van der Waals surface area contributed by atoms with E-state index in [1.54, 1.807) is 6.07 Å². The van der Waals surface area contributed by atoms with E-state index in [-0.39, 0.29) is 5.82 Å². The normalized spacial score (nSPS) is 10.7. The molecule has 0 saturated carbocycles. The molecule has 0 aliphatic heterocycles. The molecule has 0 heterocycles. The van der Waals surface area contributed by atoms with E-state index in [2.05, 4.69) is 24.4 Å². The lowest BCUT2D eigenvalue weighted by Crippen LogP contribution is -2.13. The Hall–Kier alpha value is -1.67. The van der Waals surface area contributed by atoms with Crippen molar-refractivity contribution in [3.63, 3.8) is 0 Å². The van der Waals surface area contributed by atoms with Gasteiger partial charge in [0.1, 0.15) is 5.82 Å². The number of rotatable bonds is 5. The molecule has 0 aromatic heterocycles. The highest BCUT2D eigenvalue weighted by Gasteiger charge is 2.06. The topological polar surface area (TPSA) is 12.0 Å². The number of hydrogen-bond acceptors (Lipinski definition) is 1. The van der Waals surface area contributed by atoms with E-state index in [0.29, 0.717) is 5.56 Å². The molecule has 1 nitrogen and oxygen atoms in total. The molecule has 100 valence electrons. The van der Waals surface area contributed by atoms with Gasteiger partial charge in [0.2, 0.25) is 0 Å². The van der Waals surface area contributed by atoms with Crippen LogP contribution in [0.3, 0.4) is 0 Å². The van der Waals surface area contributed by atoms with E-state index < -0.39 is 0 Å². The van der Waals surface area contributed by atoms with Gasteiger partial charge in [-0.2, -0.15) is 0 Å². The van der Waals surface area contributed by atoms with Crippen LogP contribution in [0.4, 0.5) is 4.39 Å².